The van der Waals surface area contributed by atoms with Crippen molar-refractivity contribution < 1.29 is 10.2 Å². The summed E-state index contributed by atoms with van der Waals surface area (Å²) < 4.78 is 1.88. The number of rotatable bonds is 4. The fourth-order valence-electron chi connectivity index (χ4n) is 3.45. The fraction of sp³-hybridized carbons (Fsp3) is 0.500. The Kier molecular flexibility index (Phi) is 4.68. The van der Waals surface area contributed by atoms with Crippen LogP contribution in [-0.2, 0) is 13.6 Å². The predicted octanol–water partition coefficient (Wildman–Crippen LogP) is 2.38. The molecule has 1 aromatic heterocycles. The van der Waals surface area contributed by atoms with Crippen LogP contribution in [0, 0.1) is 12.8 Å². The van der Waals surface area contributed by atoms with Gasteiger partial charge in [0, 0.05) is 44.0 Å². The SMILES string of the molecule is Cc1cccc(CN2CCCC(C(O)c3nccn3C)C2)c1O. The lowest BCUT2D eigenvalue weighted by Gasteiger charge is -2.35. The molecule has 0 amide bonds. The van der Waals surface area contributed by atoms with Crippen molar-refractivity contribution in [3.05, 3.63) is 47.5 Å². The first kappa shape index (κ1) is 16.0. The van der Waals surface area contributed by atoms with Crippen LogP contribution in [0.5, 0.6) is 5.75 Å². The van der Waals surface area contributed by atoms with Crippen LogP contribution in [0.25, 0.3) is 0 Å². The van der Waals surface area contributed by atoms with E-state index in [2.05, 4.69) is 9.88 Å². The molecule has 1 saturated heterocycles. The van der Waals surface area contributed by atoms with Gasteiger partial charge in [0.15, 0.2) is 0 Å². The highest BCUT2D eigenvalue weighted by molar-refractivity contribution is 5.39. The molecule has 0 aliphatic carbocycles. The summed E-state index contributed by atoms with van der Waals surface area (Å²) in [4.78, 5) is 6.59. The minimum Gasteiger partial charge on any atom is -0.507 e. The number of aliphatic hydroxyl groups excluding tert-OH is 1. The van der Waals surface area contributed by atoms with Crippen LogP contribution in [-0.4, -0.2) is 37.8 Å². The maximum absolute atomic E-state index is 10.6. The van der Waals surface area contributed by atoms with E-state index in [9.17, 15) is 10.2 Å². The molecule has 0 spiro atoms. The number of para-hydroxylation sites is 1. The lowest BCUT2D eigenvalue weighted by atomic mass is 9.91. The summed E-state index contributed by atoms with van der Waals surface area (Å²) in [5, 5.41) is 20.8. The Balaban J connectivity index is 1.69. The molecule has 3 rings (SSSR count). The second kappa shape index (κ2) is 6.72. The first-order valence-electron chi connectivity index (χ1n) is 8.21. The minimum atomic E-state index is -0.538. The van der Waals surface area contributed by atoms with E-state index in [1.54, 1.807) is 6.20 Å². The van der Waals surface area contributed by atoms with Gasteiger partial charge in [-0.2, -0.15) is 0 Å². The molecule has 5 nitrogen and oxygen atoms in total. The van der Waals surface area contributed by atoms with Crippen LogP contribution in [0.3, 0.4) is 0 Å². The van der Waals surface area contributed by atoms with Gasteiger partial charge in [0.1, 0.15) is 17.7 Å². The number of hydrogen-bond acceptors (Lipinski definition) is 4. The Morgan fingerprint density at radius 1 is 1.39 bits per heavy atom. The fourth-order valence-corrected chi connectivity index (χ4v) is 3.45. The van der Waals surface area contributed by atoms with Gasteiger partial charge < -0.3 is 14.8 Å². The molecule has 124 valence electrons. The molecule has 2 atom stereocenters. The topological polar surface area (TPSA) is 61.5 Å². The lowest BCUT2D eigenvalue weighted by molar-refractivity contribution is 0.0403. The number of nitrogens with zero attached hydrogens (tertiary/aromatic N) is 3. The van der Waals surface area contributed by atoms with E-state index in [-0.39, 0.29) is 5.92 Å². The van der Waals surface area contributed by atoms with E-state index < -0.39 is 6.10 Å². The predicted molar refractivity (Wildman–Crippen MR) is 89.0 cm³/mol. The van der Waals surface area contributed by atoms with Crippen LogP contribution >= 0.6 is 0 Å². The second-order valence-electron chi connectivity index (χ2n) is 6.56. The van der Waals surface area contributed by atoms with Crippen molar-refractivity contribution in [1.29, 1.82) is 0 Å². The van der Waals surface area contributed by atoms with Gasteiger partial charge in [-0.05, 0) is 31.9 Å². The quantitative estimate of drug-likeness (QED) is 0.909. The number of piperidine rings is 1. The molecule has 1 fully saturated rings. The number of imidazole rings is 1. The zero-order chi connectivity index (χ0) is 16.4. The summed E-state index contributed by atoms with van der Waals surface area (Å²) in [6, 6.07) is 5.87. The highest BCUT2D eigenvalue weighted by Gasteiger charge is 2.29. The molecule has 2 heterocycles. The maximum Gasteiger partial charge on any atom is 0.137 e. The van der Waals surface area contributed by atoms with E-state index in [1.165, 1.54) is 0 Å². The van der Waals surface area contributed by atoms with Crippen LogP contribution < -0.4 is 0 Å². The van der Waals surface area contributed by atoms with E-state index >= 15 is 0 Å². The standard InChI is InChI=1S/C18H25N3O2/c1-13-5-3-6-14(16(13)22)11-21-9-4-7-15(12-21)17(23)18-19-8-10-20(18)2/h3,5-6,8,10,15,17,22-23H,4,7,9,11-12H2,1-2H3. The Morgan fingerprint density at radius 3 is 2.96 bits per heavy atom. The normalized spacial score (nSPS) is 20.6. The Bertz CT molecular complexity index is 668. The Labute approximate surface area is 137 Å². The van der Waals surface area contributed by atoms with Gasteiger partial charge in [-0.15, -0.1) is 0 Å². The smallest absolute Gasteiger partial charge is 0.137 e. The summed E-state index contributed by atoms with van der Waals surface area (Å²) in [6.07, 6.45) is 5.11. The lowest BCUT2D eigenvalue weighted by Crippen LogP contribution is -2.37. The molecule has 2 unspecified atom stereocenters. The highest BCUT2D eigenvalue weighted by atomic mass is 16.3. The van der Waals surface area contributed by atoms with E-state index in [1.807, 2.05) is 42.9 Å². The molecule has 2 N–H and O–H groups in total. The molecule has 1 aliphatic heterocycles. The van der Waals surface area contributed by atoms with Gasteiger partial charge in [0.25, 0.3) is 0 Å². The Morgan fingerprint density at radius 2 is 2.22 bits per heavy atom. The van der Waals surface area contributed by atoms with E-state index in [4.69, 9.17) is 0 Å². The third-order valence-corrected chi connectivity index (χ3v) is 4.83. The van der Waals surface area contributed by atoms with Crippen molar-refractivity contribution in [2.24, 2.45) is 13.0 Å². The summed E-state index contributed by atoms with van der Waals surface area (Å²) in [7, 11) is 1.91. The number of aromatic nitrogens is 2. The van der Waals surface area contributed by atoms with Crippen LogP contribution in [0.4, 0.5) is 0 Å². The largest absolute Gasteiger partial charge is 0.507 e. The van der Waals surface area contributed by atoms with Gasteiger partial charge in [0.2, 0.25) is 0 Å². The van der Waals surface area contributed by atoms with Crippen molar-refractivity contribution in [3.8, 4) is 5.75 Å². The zero-order valence-corrected chi connectivity index (χ0v) is 13.8. The monoisotopic (exact) mass is 315 g/mol. The van der Waals surface area contributed by atoms with Gasteiger partial charge in [-0.1, -0.05) is 18.2 Å². The van der Waals surface area contributed by atoms with Crippen molar-refractivity contribution in [3.63, 3.8) is 0 Å². The van der Waals surface area contributed by atoms with Crippen molar-refractivity contribution in [2.75, 3.05) is 13.1 Å². The molecule has 23 heavy (non-hydrogen) atoms. The van der Waals surface area contributed by atoms with E-state index in [0.717, 1.165) is 49.4 Å². The molecule has 2 aromatic rings. The number of aromatic hydroxyl groups is 1. The summed E-state index contributed by atoms with van der Waals surface area (Å²) >= 11 is 0. The molecular weight excluding hydrogens is 290 g/mol. The summed E-state index contributed by atoms with van der Waals surface area (Å²) in [5.41, 5.74) is 1.86. The summed E-state index contributed by atoms with van der Waals surface area (Å²) in [5.74, 6) is 1.30. The van der Waals surface area contributed by atoms with Crippen molar-refractivity contribution in [1.82, 2.24) is 14.5 Å². The van der Waals surface area contributed by atoms with Crippen LogP contribution in [0.2, 0.25) is 0 Å². The molecule has 0 bridgehead atoms. The third-order valence-electron chi connectivity index (χ3n) is 4.83. The van der Waals surface area contributed by atoms with Gasteiger partial charge in [-0.3, -0.25) is 4.90 Å². The van der Waals surface area contributed by atoms with Crippen LogP contribution in [0.15, 0.2) is 30.6 Å². The number of phenols is 1. The van der Waals surface area contributed by atoms with Gasteiger partial charge in [0.05, 0.1) is 0 Å². The molecule has 5 heteroatoms. The van der Waals surface area contributed by atoms with Gasteiger partial charge in [-0.25, -0.2) is 4.98 Å². The third kappa shape index (κ3) is 3.41. The average Bonchev–Trinajstić information content (AvgIpc) is 2.97. The Hall–Kier alpha value is -1.85. The number of aliphatic hydroxyl groups is 1. The first-order chi connectivity index (χ1) is 11.1. The highest BCUT2D eigenvalue weighted by Crippen LogP contribution is 2.30. The molecule has 1 aromatic carbocycles. The maximum atomic E-state index is 10.6. The van der Waals surface area contributed by atoms with Gasteiger partial charge >= 0.3 is 0 Å². The summed E-state index contributed by atoms with van der Waals surface area (Å²) in [6.45, 7) is 4.46. The number of likely N-dealkylation sites (tertiary alicyclic amines) is 1. The second-order valence-corrected chi connectivity index (χ2v) is 6.56. The number of hydrogen-bond donors (Lipinski definition) is 2. The zero-order valence-electron chi connectivity index (χ0n) is 13.8. The minimum absolute atomic E-state index is 0.178. The molecular formula is C18H25N3O2. The first-order valence-corrected chi connectivity index (χ1v) is 8.21. The number of benzene rings is 1. The molecule has 1 aliphatic rings. The number of phenolic OH excluding ortho intramolecular Hbond substituents is 1. The molecule has 0 saturated carbocycles. The van der Waals surface area contributed by atoms with Crippen molar-refractivity contribution in [2.45, 2.75) is 32.4 Å². The van der Waals surface area contributed by atoms with Crippen LogP contribution in [0.1, 0.15) is 35.9 Å². The average molecular weight is 315 g/mol. The molecule has 0 radical (unpaired) electrons. The van der Waals surface area contributed by atoms with Crippen molar-refractivity contribution >= 4 is 0 Å². The number of aryl methyl sites for hydroxylation is 2. The van der Waals surface area contributed by atoms with E-state index in [0.29, 0.717) is 5.75 Å².